The van der Waals surface area contributed by atoms with Crippen molar-refractivity contribution in [2.45, 2.75) is 75.7 Å². The van der Waals surface area contributed by atoms with Gasteiger partial charge in [0.2, 0.25) is 17.7 Å². The predicted octanol–water partition coefficient (Wildman–Crippen LogP) is -3.42. The molecule has 0 bridgehead atoms. The number of rotatable bonds is 15. The number of carboxylic acid groups (broad SMARTS) is 2. The van der Waals surface area contributed by atoms with Gasteiger partial charge in [-0.1, -0.05) is 0 Å². The van der Waals surface area contributed by atoms with Crippen molar-refractivity contribution in [2.24, 2.45) is 16.5 Å². The van der Waals surface area contributed by atoms with E-state index in [-0.39, 0.29) is 31.8 Å². The Morgan fingerprint density at radius 3 is 2.23 bits per heavy atom. The second-order valence-electron chi connectivity index (χ2n) is 8.22. The predicted molar refractivity (Wildman–Crippen MR) is 123 cm³/mol. The van der Waals surface area contributed by atoms with Crippen molar-refractivity contribution in [1.82, 2.24) is 21.3 Å². The van der Waals surface area contributed by atoms with Crippen molar-refractivity contribution in [3.63, 3.8) is 0 Å². The van der Waals surface area contributed by atoms with Crippen molar-refractivity contribution in [3.05, 3.63) is 0 Å². The van der Waals surface area contributed by atoms with E-state index < -0.39 is 66.4 Å². The Bertz CT molecular complexity index is 794. The van der Waals surface area contributed by atoms with Crippen LogP contribution in [-0.2, 0) is 24.0 Å². The topological polar surface area (TPSA) is 259 Å². The second kappa shape index (κ2) is 14.7. The van der Waals surface area contributed by atoms with Crippen molar-refractivity contribution in [2.75, 3.05) is 13.1 Å². The molecule has 11 N–H and O–H groups in total. The zero-order chi connectivity index (χ0) is 26.5. The summed E-state index contributed by atoms with van der Waals surface area (Å²) in [7, 11) is 0. The molecule has 15 nitrogen and oxygen atoms in total. The van der Waals surface area contributed by atoms with Crippen LogP contribution in [0.2, 0.25) is 0 Å². The Morgan fingerprint density at radius 2 is 1.71 bits per heavy atom. The number of carbonyl (C=O) groups excluding carboxylic acids is 3. The number of nitrogens with one attached hydrogen (secondary N) is 4. The average molecular weight is 502 g/mol. The van der Waals surface area contributed by atoms with Gasteiger partial charge in [0, 0.05) is 13.0 Å². The first-order chi connectivity index (χ1) is 16.4. The maximum absolute atomic E-state index is 12.8. The molecule has 1 aliphatic heterocycles. The van der Waals surface area contributed by atoms with Crippen LogP contribution < -0.4 is 32.7 Å². The van der Waals surface area contributed by atoms with E-state index in [9.17, 15) is 34.2 Å². The van der Waals surface area contributed by atoms with Gasteiger partial charge in [0.05, 0.1) is 12.1 Å². The molecule has 15 heteroatoms. The SMILES string of the molecule is CC(O)C(NC(=O)C(CCC(=O)O)NC(=O)C1CCCN1)C(=O)NC(CCCN=C(N)N)C(=O)O. The Kier molecular flexibility index (Phi) is 12.4. The molecule has 35 heavy (non-hydrogen) atoms. The summed E-state index contributed by atoms with van der Waals surface area (Å²) in [6.45, 7) is 1.98. The lowest BCUT2D eigenvalue weighted by Crippen LogP contribution is -2.59. The van der Waals surface area contributed by atoms with Gasteiger partial charge in [-0.25, -0.2) is 4.79 Å². The van der Waals surface area contributed by atoms with Crippen LogP contribution in [0.3, 0.4) is 0 Å². The monoisotopic (exact) mass is 501 g/mol. The molecule has 0 aromatic rings. The van der Waals surface area contributed by atoms with Crippen LogP contribution in [0.1, 0.15) is 45.4 Å². The van der Waals surface area contributed by atoms with Crippen LogP contribution >= 0.6 is 0 Å². The maximum Gasteiger partial charge on any atom is 0.326 e. The number of aliphatic hydroxyl groups excluding tert-OH is 1. The van der Waals surface area contributed by atoms with Gasteiger partial charge in [0.15, 0.2) is 5.96 Å². The molecular formula is C20H35N7O8. The zero-order valence-corrected chi connectivity index (χ0v) is 19.5. The fraction of sp³-hybridized carbons (Fsp3) is 0.700. The molecule has 0 aromatic carbocycles. The number of amides is 3. The van der Waals surface area contributed by atoms with Gasteiger partial charge in [-0.15, -0.1) is 0 Å². The summed E-state index contributed by atoms with van der Waals surface area (Å²) < 4.78 is 0. The van der Waals surface area contributed by atoms with E-state index in [1.54, 1.807) is 0 Å². The van der Waals surface area contributed by atoms with E-state index in [1.807, 2.05) is 0 Å². The van der Waals surface area contributed by atoms with Crippen molar-refractivity contribution in [1.29, 1.82) is 0 Å². The maximum atomic E-state index is 12.8. The molecule has 0 aliphatic carbocycles. The van der Waals surface area contributed by atoms with E-state index in [0.29, 0.717) is 13.0 Å². The lowest BCUT2D eigenvalue weighted by Gasteiger charge is -2.26. The minimum Gasteiger partial charge on any atom is -0.481 e. The van der Waals surface area contributed by atoms with Gasteiger partial charge in [0.25, 0.3) is 0 Å². The Labute approximate surface area is 202 Å². The molecule has 5 unspecified atom stereocenters. The lowest BCUT2D eigenvalue weighted by molar-refractivity contribution is -0.143. The van der Waals surface area contributed by atoms with E-state index in [2.05, 4.69) is 26.3 Å². The standard InChI is InChI=1S/C20H35N7O8/c1-10(28)15(18(33)26-13(19(34)35)5-3-9-24-20(21)22)27-17(32)12(6-7-14(29)30)25-16(31)11-4-2-8-23-11/h10-13,15,23,28H,2-9H2,1H3,(H,25,31)(H,26,33)(H,27,32)(H,29,30)(H,34,35)(H4,21,22,24). The zero-order valence-electron chi connectivity index (χ0n) is 19.5. The number of aliphatic imine (C=N–C) groups is 1. The molecule has 1 fully saturated rings. The molecule has 1 rings (SSSR count). The van der Waals surface area contributed by atoms with Crippen molar-refractivity contribution >= 4 is 35.6 Å². The summed E-state index contributed by atoms with van der Waals surface area (Å²) in [5.41, 5.74) is 10.4. The van der Waals surface area contributed by atoms with Gasteiger partial charge in [-0.3, -0.25) is 24.2 Å². The second-order valence-corrected chi connectivity index (χ2v) is 8.22. The molecule has 198 valence electrons. The third-order valence-electron chi connectivity index (χ3n) is 5.28. The molecule has 0 saturated carbocycles. The first-order valence-corrected chi connectivity index (χ1v) is 11.2. The molecule has 1 aliphatic rings. The minimum atomic E-state index is -1.56. The van der Waals surface area contributed by atoms with Gasteiger partial charge in [-0.05, 0) is 45.6 Å². The van der Waals surface area contributed by atoms with Crippen LogP contribution in [-0.4, -0.2) is 94.3 Å². The van der Waals surface area contributed by atoms with Gasteiger partial charge >= 0.3 is 11.9 Å². The highest BCUT2D eigenvalue weighted by Gasteiger charge is 2.33. The molecule has 1 saturated heterocycles. The quantitative estimate of drug-likeness (QED) is 0.0606. The van der Waals surface area contributed by atoms with Crippen LogP contribution in [0.5, 0.6) is 0 Å². The molecule has 0 radical (unpaired) electrons. The first-order valence-electron chi connectivity index (χ1n) is 11.2. The van der Waals surface area contributed by atoms with Gasteiger partial charge in [-0.2, -0.15) is 0 Å². The highest BCUT2D eigenvalue weighted by atomic mass is 16.4. The highest BCUT2D eigenvalue weighted by Crippen LogP contribution is 2.08. The summed E-state index contributed by atoms with van der Waals surface area (Å²) in [4.78, 5) is 64.2. The van der Waals surface area contributed by atoms with E-state index in [1.165, 1.54) is 6.92 Å². The lowest BCUT2D eigenvalue weighted by atomic mass is 10.1. The van der Waals surface area contributed by atoms with E-state index >= 15 is 0 Å². The summed E-state index contributed by atoms with van der Waals surface area (Å²) in [6.07, 6.45) is -0.580. The summed E-state index contributed by atoms with van der Waals surface area (Å²) in [5.74, 6) is -5.04. The molecule has 1 heterocycles. The fourth-order valence-corrected chi connectivity index (χ4v) is 3.40. The molecule has 0 aromatic heterocycles. The third-order valence-corrected chi connectivity index (χ3v) is 5.28. The number of aliphatic carboxylic acids is 2. The number of aliphatic hydroxyl groups is 1. The van der Waals surface area contributed by atoms with Gasteiger partial charge < -0.3 is 48.1 Å². The average Bonchev–Trinajstić information content (AvgIpc) is 3.30. The number of hydrogen-bond donors (Lipinski definition) is 9. The minimum absolute atomic E-state index is 0.0238. The number of guanidine groups is 1. The normalized spacial score (nSPS) is 18.4. The highest BCUT2D eigenvalue weighted by molar-refractivity contribution is 5.94. The molecular weight excluding hydrogens is 466 g/mol. The summed E-state index contributed by atoms with van der Waals surface area (Å²) >= 11 is 0. The summed E-state index contributed by atoms with van der Waals surface area (Å²) in [5, 5.41) is 38.4. The Hall–Kier alpha value is -3.46. The Balaban J connectivity index is 2.86. The van der Waals surface area contributed by atoms with Crippen LogP contribution in [0.15, 0.2) is 4.99 Å². The fourth-order valence-electron chi connectivity index (χ4n) is 3.40. The van der Waals surface area contributed by atoms with Crippen LogP contribution in [0, 0.1) is 0 Å². The number of nitrogens with zero attached hydrogens (tertiary/aromatic N) is 1. The van der Waals surface area contributed by atoms with E-state index in [4.69, 9.17) is 16.6 Å². The number of hydrogen-bond acceptors (Lipinski definition) is 8. The summed E-state index contributed by atoms with van der Waals surface area (Å²) in [6, 6.07) is -4.71. The van der Waals surface area contributed by atoms with Crippen LogP contribution in [0.4, 0.5) is 0 Å². The Morgan fingerprint density at radius 1 is 1.03 bits per heavy atom. The van der Waals surface area contributed by atoms with Crippen molar-refractivity contribution < 1.29 is 39.3 Å². The van der Waals surface area contributed by atoms with E-state index in [0.717, 1.165) is 6.42 Å². The van der Waals surface area contributed by atoms with Crippen LogP contribution in [0.25, 0.3) is 0 Å². The van der Waals surface area contributed by atoms with Crippen molar-refractivity contribution in [3.8, 4) is 0 Å². The van der Waals surface area contributed by atoms with Gasteiger partial charge in [0.1, 0.15) is 18.1 Å². The molecule has 3 amide bonds. The largest absolute Gasteiger partial charge is 0.481 e. The number of nitrogens with two attached hydrogens (primary N) is 2. The molecule has 5 atom stereocenters. The third kappa shape index (κ3) is 11.0. The number of carbonyl (C=O) groups is 5. The first kappa shape index (κ1) is 29.6. The smallest absolute Gasteiger partial charge is 0.326 e. The molecule has 0 spiro atoms. The number of carboxylic acids is 2.